The summed E-state index contributed by atoms with van der Waals surface area (Å²) in [5.74, 6) is 0.280. The monoisotopic (exact) mass is 317 g/mol. The molecule has 2 rings (SSSR count). The summed E-state index contributed by atoms with van der Waals surface area (Å²) < 4.78 is 25.9. The van der Waals surface area contributed by atoms with Gasteiger partial charge in [-0.15, -0.1) is 0 Å². The minimum atomic E-state index is -3.16. The molecule has 0 bridgehead atoms. The topological polar surface area (TPSA) is 92.5 Å². The Kier molecular flexibility index (Phi) is 5.27. The highest BCUT2D eigenvalue weighted by Gasteiger charge is 2.43. The lowest BCUT2D eigenvalue weighted by Gasteiger charge is -2.38. The number of hydrogen-bond acceptors (Lipinski definition) is 4. The average molecular weight is 317 g/mol. The first-order valence-corrected chi connectivity index (χ1v) is 9.57. The second kappa shape index (κ2) is 6.62. The third kappa shape index (κ3) is 3.76. The van der Waals surface area contributed by atoms with Crippen molar-refractivity contribution in [2.45, 2.75) is 51.5 Å². The highest BCUT2D eigenvalue weighted by Crippen LogP contribution is 2.39. The van der Waals surface area contributed by atoms with Crippen LogP contribution in [-0.2, 0) is 14.8 Å². The molecule has 6 nitrogen and oxygen atoms in total. The van der Waals surface area contributed by atoms with E-state index in [0.29, 0.717) is 32.5 Å². The van der Waals surface area contributed by atoms with E-state index in [1.165, 1.54) is 0 Å². The number of nitrogens with two attached hydrogens (primary N) is 1. The second-order valence-electron chi connectivity index (χ2n) is 6.28. The van der Waals surface area contributed by atoms with E-state index in [0.717, 1.165) is 25.7 Å². The molecule has 2 aliphatic rings. The van der Waals surface area contributed by atoms with Crippen molar-refractivity contribution >= 4 is 15.9 Å². The third-order valence-electron chi connectivity index (χ3n) is 4.91. The maximum atomic E-state index is 12.7. The minimum Gasteiger partial charge on any atom is -0.342 e. The van der Waals surface area contributed by atoms with Crippen LogP contribution in [0.5, 0.6) is 0 Å². The Balaban J connectivity index is 1.90. The van der Waals surface area contributed by atoms with Crippen molar-refractivity contribution in [3.8, 4) is 0 Å². The van der Waals surface area contributed by atoms with Crippen molar-refractivity contribution in [1.29, 1.82) is 0 Å². The van der Waals surface area contributed by atoms with E-state index < -0.39 is 10.0 Å². The van der Waals surface area contributed by atoms with E-state index in [4.69, 9.17) is 5.73 Å². The Morgan fingerprint density at radius 3 is 2.33 bits per heavy atom. The first-order chi connectivity index (χ1) is 9.92. The number of likely N-dealkylation sites (tertiary alicyclic amines) is 1. The summed E-state index contributed by atoms with van der Waals surface area (Å²) in [6.45, 7) is 3.30. The van der Waals surface area contributed by atoms with Crippen LogP contribution < -0.4 is 10.5 Å². The smallest absolute Gasteiger partial charge is 0.230 e. The van der Waals surface area contributed by atoms with Gasteiger partial charge in [-0.2, -0.15) is 0 Å². The standard InChI is InChI=1S/C14H27N3O3S/c1-2-21(19,20)16-12-5-9-17(10-6-12)13(18)14(11-15)7-3-4-8-14/h12,16H,2-11,15H2,1H3. The number of rotatable bonds is 5. The Labute approximate surface area is 127 Å². The van der Waals surface area contributed by atoms with Gasteiger partial charge in [0.1, 0.15) is 0 Å². The average Bonchev–Trinajstić information content (AvgIpc) is 2.97. The fourth-order valence-electron chi connectivity index (χ4n) is 3.43. The molecule has 0 unspecified atom stereocenters. The molecule has 1 aliphatic carbocycles. The molecule has 0 aromatic heterocycles. The minimum absolute atomic E-state index is 0.0450. The van der Waals surface area contributed by atoms with E-state index in [1.54, 1.807) is 6.92 Å². The Morgan fingerprint density at radius 2 is 1.86 bits per heavy atom. The van der Waals surface area contributed by atoms with Gasteiger partial charge >= 0.3 is 0 Å². The molecule has 1 aliphatic heterocycles. The van der Waals surface area contributed by atoms with Gasteiger partial charge in [-0.25, -0.2) is 13.1 Å². The summed E-state index contributed by atoms with van der Waals surface area (Å²) in [6.07, 6.45) is 5.32. The van der Waals surface area contributed by atoms with Crippen LogP contribution in [0, 0.1) is 5.41 Å². The highest BCUT2D eigenvalue weighted by atomic mass is 32.2. The van der Waals surface area contributed by atoms with Crippen molar-refractivity contribution < 1.29 is 13.2 Å². The van der Waals surface area contributed by atoms with Gasteiger partial charge in [0.05, 0.1) is 11.2 Å². The molecule has 1 amide bonds. The Bertz CT molecular complexity index is 464. The Morgan fingerprint density at radius 1 is 1.29 bits per heavy atom. The van der Waals surface area contributed by atoms with Crippen LogP contribution in [0.2, 0.25) is 0 Å². The lowest BCUT2D eigenvalue weighted by molar-refractivity contribution is -0.142. The molecule has 0 radical (unpaired) electrons. The van der Waals surface area contributed by atoms with Crippen LogP contribution >= 0.6 is 0 Å². The lowest BCUT2D eigenvalue weighted by Crippen LogP contribution is -2.52. The molecule has 0 aromatic carbocycles. The predicted molar refractivity (Wildman–Crippen MR) is 82.2 cm³/mol. The van der Waals surface area contributed by atoms with E-state index in [9.17, 15) is 13.2 Å². The summed E-state index contributed by atoms with van der Waals surface area (Å²) in [5, 5.41) is 0. The molecule has 122 valence electrons. The molecular weight excluding hydrogens is 290 g/mol. The van der Waals surface area contributed by atoms with E-state index in [2.05, 4.69) is 4.72 Å². The van der Waals surface area contributed by atoms with Crippen LogP contribution in [0.25, 0.3) is 0 Å². The number of nitrogens with one attached hydrogen (secondary N) is 1. The van der Waals surface area contributed by atoms with Gasteiger partial charge in [-0.05, 0) is 32.6 Å². The Hall–Kier alpha value is -0.660. The maximum absolute atomic E-state index is 12.7. The van der Waals surface area contributed by atoms with Gasteiger partial charge in [0.2, 0.25) is 15.9 Å². The summed E-state index contributed by atoms with van der Waals surface area (Å²) in [7, 11) is -3.16. The zero-order valence-corrected chi connectivity index (χ0v) is 13.6. The summed E-state index contributed by atoms with van der Waals surface area (Å²) in [6, 6.07) is -0.0450. The zero-order chi connectivity index (χ0) is 15.5. The van der Waals surface area contributed by atoms with Crippen LogP contribution in [0.15, 0.2) is 0 Å². The fraction of sp³-hybridized carbons (Fsp3) is 0.929. The van der Waals surface area contributed by atoms with Gasteiger partial charge in [-0.3, -0.25) is 4.79 Å². The molecule has 21 heavy (non-hydrogen) atoms. The van der Waals surface area contributed by atoms with Crippen molar-refractivity contribution in [1.82, 2.24) is 9.62 Å². The lowest BCUT2D eigenvalue weighted by atomic mass is 9.84. The third-order valence-corrected chi connectivity index (χ3v) is 6.37. The number of nitrogens with zero attached hydrogens (tertiary/aromatic N) is 1. The van der Waals surface area contributed by atoms with Crippen molar-refractivity contribution in [3.05, 3.63) is 0 Å². The number of piperidine rings is 1. The second-order valence-corrected chi connectivity index (χ2v) is 8.32. The van der Waals surface area contributed by atoms with Gasteiger partial charge in [-0.1, -0.05) is 12.8 Å². The number of sulfonamides is 1. The normalized spacial score (nSPS) is 23.4. The fourth-order valence-corrected chi connectivity index (χ4v) is 4.34. The summed E-state index contributed by atoms with van der Waals surface area (Å²) >= 11 is 0. The van der Waals surface area contributed by atoms with Crippen LogP contribution in [0.1, 0.15) is 45.4 Å². The van der Waals surface area contributed by atoms with Crippen molar-refractivity contribution in [2.75, 3.05) is 25.4 Å². The largest absolute Gasteiger partial charge is 0.342 e. The number of hydrogen-bond donors (Lipinski definition) is 2. The molecule has 3 N–H and O–H groups in total. The van der Waals surface area contributed by atoms with Gasteiger partial charge < -0.3 is 10.6 Å². The zero-order valence-electron chi connectivity index (χ0n) is 12.8. The van der Waals surface area contributed by atoms with Crippen LogP contribution in [0.4, 0.5) is 0 Å². The molecule has 0 spiro atoms. The first kappa shape index (κ1) is 16.7. The number of amides is 1. The number of carbonyl (C=O) groups excluding carboxylic acids is 1. The molecule has 1 saturated carbocycles. The molecule has 2 fully saturated rings. The highest BCUT2D eigenvalue weighted by molar-refractivity contribution is 7.89. The van der Waals surface area contributed by atoms with Gasteiger partial charge in [0.15, 0.2) is 0 Å². The van der Waals surface area contributed by atoms with Gasteiger partial charge in [0, 0.05) is 25.7 Å². The van der Waals surface area contributed by atoms with E-state index >= 15 is 0 Å². The van der Waals surface area contributed by atoms with Crippen molar-refractivity contribution in [2.24, 2.45) is 11.1 Å². The quantitative estimate of drug-likeness (QED) is 0.769. The van der Waals surface area contributed by atoms with E-state index in [-0.39, 0.29) is 23.1 Å². The van der Waals surface area contributed by atoms with Gasteiger partial charge in [0.25, 0.3) is 0 Å². The molecule has 7 heteroatoms. The molecular formula is C14H27N3O3S. The first-order valence-electron chi connectivity index (χ1n) is 7.92. The maximum Gasteiger partial charge on any atom is 0.230 e. The molecule has 1 saturated heterocycles. The summed E-state index contributed by atoms with van der Waals surface area (Å²) in [4.78, 5) is 14.6. The number of carbonyl (C=O) groups is 1. The predicted octanol–water partition coefficient (Wildman–Crippen LogP) is 0.436. The SMILES string of the molecule is CCS(=O)(=O)NC1CCN(C(=O)C2(CN)CCCC2)CC1. The van der Waals surface area contributed by atoms with E-state index in [1.807, 2.05) is 4.90 Å². The van der Waals surface area contributed by atoms with Crippen molar-refractivity contribution in [3.63, 3.8) is 0 Å². The molecule has 0 aromatic rings. The molecule has 1 heterocycles. The van der Waals surface area contributed by atoms with Crippen LogP contribution in [-0.4, -0.2) is 50.7 Å². The molecule has 0 atom stereocenters. The summed E-state index contributed by atoms with van der Waals surface area (Å²) in [5.41, 5.74) is 5.51. The van der Waals surface area contributed by atoms with Crippen LogP contribution in [0.3, 0.4) is 0 Å².